The lowest BCUT2D eigenvalue weighted by atomic mass is 10.1. The van der Waals surface area contributed by atoms with E-state index in [4.69, 9.17) is 0 Å². The number of carbonyl (C=O) groups is 1. The summed E-state index contributed by atoms with van der Waals surface area (Å²) in [5.74, 6) is 0.317. The van der Waals surface area contributed by atoms with Crippen LogP contribution in [-0.2, 0) is 14.8 Å². The standard InChI is InChI=1S/C14H19N3O3S/c1-9(2)10(3)16-13(18)8-15-14-11-6-4-5-7-12(11)21(19,20)17-14/h4-7,9-10H,8H2,1-3H3,(H,15,17)(H,16,18). The summed E-state index contributed by atoms with van der Waals surface area (Å²) in [4.78, 5) is 16.1. The zero-order chi connectivity index (χ0) is 15.6. The molecule has 1 aromatic rings. The Bertz CT molecular complexity index is 680. The Kier molecular flexibility index (Phi) is 4.32. The number of benzene rings is 1. The maximum absolute atomic E-state index is 11.9. The molecule has 1 atom stereocenters. The lowest BCUT2D eigenvalue weighted by Crippen LogP contribution is -2.37. The van der Waals surface area contributed by atoms with E-state index in [1.54, 1.807) is 18.2 Å². The number of hydrogen-bond acceptors (Lipinski definition) is 4. The van der Waals surface area contributed by atoms with E-state index in [1.165, 1.54) is 6.07 Å². The number of amides is 1. The van der Waals surface area contributed by atoms with Crippen LogP contribution in [0.25, 0.3) is 0 Å². The molecule has 1 amide bonds. The number of hydrogen-bond donors (Lipinski definition) is 2. The molecular formula is C14H19N3O3S. The van der Waals surface area contributed by atoms with Gasteiger partial charge in [0.25, 0.3) is 10.0 Å². The molecule has 0 spiro atoms. The van der Waals surface area contributed by atoms with Gasteiger partial charge in [-0.15, -0.1) is 0 Å². The zero-order valence-electron chi connectivity index (χ0n) is 12.3. The summed E-state index contributed by atoms with van der Waals surface area (Å²) in [5.41, 5.74) is 0.502. The first-order valence-electron chi connectivity index (χ1n) is 6.77. The SMILES string of the molecule is CC(C)C(C)NC(=O)CN=C1NS(=O)(=O)c2ccccc21. The number of nitrogens with one attached hydrogen (secondary N) is 2. The van der Waals surface area contributed by atoms with Crippen LogP contribution in [0.15, 0.2) is 34.2 Å². The smallest absolute Gasteiger partial charge is 0.263 e. The minimum absolute atomic E-state index is 0.0465. The molecule has 0 saturated heterocycles. The zero-order valence-corrected chi connectivity index (χ0v) is 13.1. The van der Waals surface area contributed by atoms with Gasteiger partial charge in [0.05, 0.1) is 4.90 Å². The summed E-state index contributed by atoms with van der Waals surface area (Å²) in [5, 5.41) is 2.82. The fourth-order valence-electron chi connectivity index (χ4n) is 1.87. The van der Waals surface area contributed by atoms with Gasteiger partial charge in [0.2, 0.25) is 5.91 Å². The van der Waals surface area contributed by atoms with Crippen LogP contribution in [0.2, 0.25) is 0 Å². The molecule has 1 unspecified atom stereocenters. The number of amidine groups is 1. The Balaban J connectivity index is 2.12. The maximum atomic E-state index is 11.9. The molecule has 114 valence electrons. The number of rotatable bonds is 4. The van der Waals surface area contributed by atoms with Crippen LogP contribution in [0.5, 0.6) is 0 Å². The van der Waals surface area contributed by atoms with Crippen LogP contribution in [-0.4, -0.2) is 32.7 Å². The topological polar surface area (TPSA) is 87.6 Å². The van der Waals surface area contributed by atoms with E-state index >= 15 is 0 Å². The summed E-state index contributed by atoms with van der Waals surface area (Å²) in [7, 11) is -3.55. The summed E-state index contributed by atoms with van der Waals surface area (Å²) in [6.45, 7) is 5.84. The van der Waals surface area contributed by atoms with Gasteiger partial charge in [0, 0.05) is 11.6 Å². The summed E-state index contributed by atoms with van der Waals surface area (Å²) < 4.78 is 26.1. The number of nitrogens with zero attached hydrogens (tertiary/aromatic N) is 1. The Hall–Kier alpha value is -1.89. The molecule has 0 fully saturated rings. The summed E-state index contributed by atoms with van der Waals surface area (Å²) >= 11 is 0. The highest BCUT2D eigenvalue weighted by molar-refractivity contribution is 7.90. The highest BCUT2D eigenvalue weighted by atomic mass is 32.2. The molecule has 6 nitrogen and oxygen atoms in total. The van der Waals surface area contributed by atoms with Gasteiger partial charge in [0.15, 0.2) is 0 Å². The molecule has 2 N–H and O–H groups in total. The fourth-order valence-corrected chi connectivity index (χ4v) is 3.12. The summed E-state index contributed by atoms with van der Waals surface area (Å²) in [6, 6.07) is 6.61. The van der Waals surface area contributed by atoms with Crippen molar-refractivity contribution in [1.29, 1.82) is 0 Å². The second-order valence-electron chi connectivity index (χ2n) is 5.37. The average molecular weight is 309 g/mol. The van der Waals surface area contributed by atoms with Gasteiger partial charge in [0.1, 0.15) is 12.4 Å². The molecule has 2 rings (SSSR count). The average Bonchev–Trinajstić information content (AvgIpc) is 2.68. The van der Waals surface area contributed by atoms with Crippen LogP contribution in [0.4, 0.5) is 0 Å². The van der Waals surface area contributed by atoms with Crippen molar-refractivity contribution in [3.8, 4) is 0 Å². The van der Waals surface area contributed by atoms with Gasteiger partial charge in [-0.1, -0.05) is 26.0 Å². The number of carbonyl (C=O) groups excluding carboxylic acids is 1. The number of aliphatic imine (C=N–C) groups is 1. The largest absolute Gasteiger partial charge is 0.352 e. The fraction of sp³-hybridized carbons (Fsp3) is 0.429. The first kappa shape index (κ1) is 15.5. The molecule has 0 radical (unpaired) electrons. The third kappa shape index (κ3) is 3.41. The van der Waals surface area contributed by atoms with Crippen LogP contribution >= 0.6 is 0 Å². The summed E-state index contributed by atoms with van der Waals surface area (Å²) in [6.07, 6.45) is 0. The molecule has 1 aliphatic heterocycles. The lowest BCUT2D eigenvalue weighted by molar-refractivity contribution is -0.120. The van der Waals surface area contributed by atoms with Crippen molar-refractivity contribution in [3.63, 3.8) is 0 Å². The van der Waals surface area contributed by atoms with E-state index in [0.29, 0.717) is 11.5 Å². The second kappa shape index (κ2) is 5.85. The minimum Gasteiger partial charge on any atom is -0.352 e. The van der Waals surface area contributed by atoms with Crippen molar-refractivity contribution in [1.82, 2.24) is 10.0 Å². The van der Waals surface area contributed by atoms with Gasteiger partial charge in [-0.25, -0.2) is 8.42 Å². The molecule has 1 aliphatic rings. The van der Waals surface area contributed by atoms with E-state index < -0.39 is 10.0 Å². The highest BCUT2D eigenvalue weighted by Crippen LogP contribution is 2.21. The van der Waals surface area contributed by atoms with Crippen molar-refractivity contribution < 1.29 is 13.2 Å². The molecule has 0 saturated carbocycles. The van der Waals surface area contributed by atoms with Gasteiger partial charge >= 0.3 is 0 Å². The third-order valence-corrected chi connectivity index (χ3v) is 4.83. The number of fused-ring (bicyclic) bond motifs is 1. The van der Waals surface area contributed by atoms with Crippen LogP contribution < -0.4 is 10.0 Å². The van der Waals surface area contributed by atoms with Gasteiger partial charge in [-0.2, -0.15) is 0 Å². The van der Waals surface area contributed by atoms with Gasteiger partial charge in [-0.05, 0) is 25.0 Å². The van der Waals surface area contributed by atoms with E-state index in [1.807, 2.05) is 20.8 Å². The van der Waals surface area contributed by atoms with Crippen molar-refractivity contribution >= 4 is 21.8 Å². The number of sulfonamides is 1. The van der Waals surface area contributed by atoms with Crippen molar-refractivity contribution in [2.24, 2.45) is 10.9 Å². The van der Waals surface area contributed by atoms with Crippen LogP contribution in [0.3, 0.4) is 0 Å². The molecule has 7 heteroatoms. The Morgan fingerprint density at radius 3 is 2.62 bits per heavy atom. The predicted octanol–water partition coefficient (Wildman–Crippen LogP) is 0.886. The quantitative estimate of drug-likeness (QED) is 0.865. The van der Waals surface area contributed by atoms with Crippen molar-refractivity contribution in [3.05, 3.63) is 29.8 Å². The van der Waals surface area contributed by atoms with Crippen LogP contribution in [0, 0.1) is 5.92 Å². The predicted molar refractivity (Wildman–Crippen MR) is 80.6 cm³/mol. The molecule has 1 aromatic carbocycles. The Labute approximate surface area is 124 Å². The molecule has 0 aromatic heterocycles. The lowest BCUT2D eigenvalue weighted by Gasteiger charge is -2.16. The normalized spacial score (nSPS) is 19.1. The van der Waals surface area contributed by atoms with E-state index in [-0.39, 0.29) is 29.2 Å². The first-order chi connectivity index (χ1) is 9.81. The maximum Gasteiger partial charge on any atom is 0.263 e. The Morgan fingerprint density at radius 2 is 1.95 bits per heavy atom. The van der Waals surface area contributed by atoms with Crippen LogP contribution in [0.1, 0.15) is 26.3 Å². The highest BCUT2D eigenvalue weighted by Gasteiger charge is 2.30. The van der Waals surface area contributed by atoms with E-state index in [2.05, 4.69) is 15.0 Å². The van der Waals surface area contributed by atoms with Gasteiger partial charge in [-0.3, -0.25) is 14.5 Å². The molecule has 0 aliphatic carbocycles. The van der Waals surface area contributed by atoms with E-state index in [9.17, 15) is 13.2 Å². The van der Waals surface area contributed by atoms with E-state index in [0.717, 1.165) is 0 Å². The third-order valence-electron chi connectivity index (χ3n) is 3.43. The molecule has 1 heterocycles. The second-order valence-corrected chi connectivity index (χ2v) is 7.02. The minimum atomic E-state index is -3.55. The van der Waals surface area contributed by atoms with Crippen molar-refractivity contribution in [2.75, 3.05) is 6.54 Å². The van der Waals surface area contributed by atoms with Crippen molar-refractivity contribution in [2.45, 2.75) is 31.7 Å². The first-order valence-corrected chi connectivity index (χ1v) is 8.25. The van der Waals surface area contributed by atoms with Gasteiger partial charge < -0.3 is 5.32 Å². The molecular weight excluding hydrogens is 290 g/mol. The molecule has 21 heavy (non-hydrogen) atoms. The monoisotopic (exact) mass is 309 g/mol. The Morgan fingerprint density at radius 1 is 1.29 bits per heavy atom. The molecule has 0 bridgehead atoms.